The van der Waals surface area contributed by atoms with E-state index in [0.717, 1.165) is 11.3 Å². The smallest absolute Gasteiger partial charge is 0.180 e. The van der Waals surface area contributed by atoms with E-state index in [4.69, 9.17) is 23.2 Å². The zero-order valence-corrected chi connectivity index (χ0v) is 13.1. The van der Waals surface area contributed by atoms with Crippen molar-refractivity contribution in [3.8, 4) is 11.5 Å². The first-order valence-electron chi connectivity index (χ1n) is 6.38. The average Bonchev–Trinajstić information content (AvgIpc) is 2.99. The SMILES string of the molecule is Cc1c(Cl)c(-c2ncnn2Cc2cccc(Cl)c2)nn1C. The van der Waals surface area contributed by atoms with E-state index < -0.39 is 0 Å². The van der Waals surface area contributed by atoms with Crippen LogP contribution in [0.4, 0.5) is 0 Å². The van der Waals surface area contributed by atoms with E-state index in [-0.39, 0.29) is 0 Å². The lowest BCUT2D eigenvalue weighted by molar-refractivity contribution is 0.685. The maximum absolute atomic E-state index is 6.32. The molecular formula is C14H13Cl2N5. The molecule has 0 N–H and O–H groups in total. The summed E-state index contributed by atoms with van der Waals surface area (Å²) in [6, 6.07) is 7.64. The number of benzene rings is 1. The van der Waals surface area contributed by atoms with Gasteiger partial charge in [0.1, 0.15) is 12.0 Å². The van der Waals surface area contributed by atoms with Crippen LogP contribution in [0.15, 0.2) is 30.6 Å². The van der Waals surface area contributed by atoms with Crippen molar-refractivity contribution in [2.45, 2.75) is 13.5 Å². The predicted molar refractivity (Wildman–Crippen MR) is 82.5 cm³/mol. The summed E-state index contributed by atoms with van der Waals surface area (Å²) >= 11 is 12.3. The second-order valence-electron chi connectivity index (χ2n) is 4.74. The molecule has 1 aromatic carbocycles. The molecule has 0 radical (unpaired) electrons. The fraction of sp³-hybridized carbons (Fsp3) is 0.214. The second kappa shape index (κ2) is 5.50. The van der Waals surface area contributed by atoms with Crippen molar-refractivity contribution in [3.63, 3.8) is 0 Å². The molecule has 108 valence electrons. The molecule has 0 aliphatic rings. The first-order valence-corrected chi connectivity index (χ1v) is 7.13. The van der Waals surface area contributed by atoms with Crippen LogP contribution in [0.3, 0.4) is 0 Å². The number of hydrogen-bond acceptors (Lipinski definition) is 3. The third-order valence-electron chi connectivity index (χ3n) is 3.31. The highest BCUT2D eigenvalue weighted by atomic mass is 35.5. The van der Waals surface area contributed by atoms with Crippen LogP contribution < -0.4 is 0 Å². The molecule has 2 heterocycles. The third kappa shape index (κ3) is 2.66. The van der Waals surface area contributed by atoms with Crippen LogP contribution in [-0.4, -0.2) is 24.5 Å². The zero-order valence-electron chi connectivity index (χ0n) is 11.6. The van der Waals surface area contributed by atoms with Crippen LogP contribution >= 0.6 is 23.2 Å². The lowest BCUT2D eigenvalue weighted by Gasteiger charge is -2.05. The predicted octanol–water partition coefficient (Wildman–Crippen LogP) is 3.34. The van der Waals surface area contributed by atoms with Gasteiger partial charge in [-0.3, -0.25) is 4.68 Å². The summed E-state index contributed by atoms with van der Waals surface area (Å²) in [7, 11) is 1.85. The number of aromatic nitrogens is 5. The van der Waals surface area contributed by atoms with Gasteiger partial charge < -0.3 is 0 Å². The minimum atomic E-state index is 0.557. The van der Waals surface area contributed by atoms with Gasteiger partial charge in [0, 0.05) is 12.1 Å². The summed E-state index contributed by atoms with van der Waals surface area (Å²) in [6.45, 7) is 2.47. The first kappa shape index (κ1) is 14.1. The molecule has 21 heavy (non-hydrogen) atoms. The van der Waals surface area contributed by atoms with Crippen molar-refractivity contribution in [3.05, 3.63) is 51.9 Å². The van der Waals surface area contributed by atoms with E-state index in [1.165, 1.54) is 6.33 Å². The summed E-state index contributed by atoms with van der Waals surface area (Å²) in [5.74, 6) is 0.642. The summed E-state index contributed by atoms with van der Waals surface area (Å²) in [4.78, 5) is 4.28. The number of nitrogens with zero attached hydrogens (tertiary/aromatic N) is 5. The van der Waals surface area contributed by atoms with Gasteiger partial charge in [-0.2, -0.15) is 10.2 Å². The molecule has 3 aromatic rings. The van der Waals surface area contributed by atoms with Crippen LogP contribution in [0.2, 0.25) is 10.0 Å². The molecule has 2 aromatic heterocycles. The van der Waals surface area contributed by atoms with E-state index in [9.17, 15) is 0 Å². The van der Waals surface area contributed by atoms with Crippen LogP contribution in [0.25, 0.3) is 11.5 Å². The fourth-order valence-corrected chi connectivity index (χ4v) is 2.55. The average molecular weight is 322 g/mol. The van der Waals surface area contributed by atoms with Crippen LogP contribution in [-0.2, 0) is 13.6 Å². The minimum Gasteiger partial charge on any atom is -0.271 e. The number of rotatable bonds is 3. The molecule has 0 aliphatic heterocycles. The van der Waals surface area contributed by atoms with E-state index in [2.05, 4.69) is 15.2 Å². The Labute approximate surface area is 132 Å². The van der Waals surface area contributed by atoms with E-state index in [1.807, 2.05) is 38.2 Å². The number of aryl methyl sites for hydroxylation is 1. The Balaban J connectivity index is 1.99. The van der Waals surface area contributed by atoms with Gasteiger partial charge in [0.15, 0.2) is 5.82 Å². The van der Waals surface area contributed by atoms with Crippen LogP contribution in [0, 0.1) is 6.92 Å². The highest BCUT2D eigenvalue weighted by Gasteiger charge is 2.18. The molecule has 5 nitrogen and oxygen atoms in total. The maximum atomic E-state index is 6.32. The van der Waals surface area contributed by atoms with Crippen molar-refractivity contribution < 1.29 is 0 Å². The van der Waals surface area contributed by atoms with Gasteiger partial charge in [-0.25, -0.2) is 9.67 Å². The van der Waals surface area contributed by atoms with Crippen molar-refractivity contribution in [1.29, 1.82) is 0 Å². The van der Waals surface area contributed by atoms with Gasteiger partial charge in [0.25, 0.3) is 0 Å². The van der Waals surface area contributed by atoms with E-state index >= 15 is 0 Å². The summed E-state index contributed by atoms with van der Waals surface area (Å²) in [5.41, 5.74) is 2.57. The van der Waals surface area contributed by atoms with Gasteiger partial charge in [-0.15, -0.1) is 0 Å². The monoisotopic (exact) mass is 321 g/mol. The zero-order chi connectivity index (χ0) is 15.0. The van der Waals surface area contributed by atoms with Crippen molar-refractivity contribution in [2.75, 3.05) is 0 Å². The highest BCUT2D eigenvalue weighted by Crippen LogP contribution is 2.28. The molecule has 0 saturated heterocycles. The molecule has 0 aliphatic carbocycles. The molecule has 0 unspecified atom stereocenters. The topological polar surface area (TPSA) is 48.5 Å². The quantitative estimate of drug-likeness (QED) is 0.743. The van der Waals surface area contributed by atoms with Gasteiger partial charge in [-0.05, 0) is 24.6 Å². The fourth-order valence-electron chi connectivity index (χ4n) is 2.10. The van der Waals surface area contributed by atoms with Gasteiger partial charge in [0.05, 0.1) is 17.3 Å². The van der Waals surface area contributed by atoms with Gasteiger partial charge in [-0.1, -0.05) is 35.3 Å². The molecule has 7 heteroatoms. The Kier molecular flexibility index (Phi) is 3.69. The molecule has 3 rings (SSSR count). The van der Waals surface area contributed by atoms with Crippen molar-refractivity contribution in [2.24, 2.45) is 7.05 Å². The van der Waals surface area contributed by atoms with Crippen LogP contribution in [0.1, 0.15) is 11.3 Å². The lowest BCUT2D eigenvalue weighted by Crippen LogP contribution is -2.05. The normalized spacial score (nSPS) is 11.0. The molecule has 0 amide bonds. The van der Waals surface area contributed by atoms with E-state index in [1.54, 1.807) is 9.36 Å². The maximum Gasteiger partial charge on any atom is 0.180 e. The first-order chi connectivity index (χ1) is 10.1. The summed E-state index contributed by atoms with van der Waals surface area (Å²) in [5, 5.41) is 9.95. The Morgan fingerprint density at radius 2 is 2.05 bits per heavy atom. The van der Waals surface area contributed by atoms with Crippen LogP contribution in [0.5, 0.6) is 0 Å². The Morgan fingerprint density at radius 3 is 2.71 bits per heavy atom. The lowest BCUT2D eigenvalue weighted by atomic mass is 10.2. The second-order valence-corrected chi connectivity index (χ2v) is 5.56. The molecule has 0 saturated carbocycles. The molecule has 0 bridgehead atoms. The molecular weight excluding hydrogens is 309 g/mol. The minimum absolute atomic E-state index is 0.557. The Morgan fingerprint density at radius 1 is 1.24 bits per heavy atom. The largest absolute Gasteiger partial charge is 0.271 e. The molecule has 0 fully saturated rings. The van der Waals surface area contributed by atoms with Crippen molar-refractivity contribution >= 4 is 23.2 Å². The molecule has 0 atom stereocenters. The molecule has 0 spiro atoms. The Bertz CT molecular complexity index is 791. The standard InChI is InChI=1S/C14H13Cl2N5/c1-9-12(16)13(19-20(9)2)14-17-8-18-21(14)7-10-4-3-5-11(15)6-10/h3-6,8H,7H2,1-2H3. The van der Waals surface area contributed by atoms with Crippen molar-refractivity contribution in [1.82, 2.24) is 24.5 Å². The Hall–Kier alpha value is -1.85. The summed E-state index contributed by atoms with van der Waals surface area (Å²) in [6.07, 6.45) is 1.50. The third-order valence-corrected chi connectivity index (χ3v) is 4.00. The number of hydrogen-bond donors (Lipinski definition) is 0. The van der Waals surface area contributed by atoms with Gasteiger partial charge >= 0.3 is 0 Å². The van der Waals surface area contributed by atoms with Gasteiger partial charge in [0.2, 0.25) is 0 Å². The highest BCUT2D eigenvalue weighted by molar-refractivity contribution is 6.33. The number of halogens is 2. The van der Waals surface area contributed by atoms with E-state index in [0.29, 0.717) is 28.1 Å². The summed E-state index contributed by atoms with van der Waals surface area (Å²) < 4.78 is 3.50.